The average Bonchev–Trinajstić information content (AvgIpc) is 2.41. The minimum absolute atomic E-state index is 0.00889. The highest BCUT2D eigenvalue weighted by molar-refractivity contribution is 5.93. The Hall–Kier alpha value is -1.88. The molecule has 1 atom stereocenters. The molecule has 5 heteroatoms. The van der Waals surface area contributed by atoms with E-state index in [9.17, 15) is 9.59 Å². The zero-order chi connectivity index (χ0) is 17.8. The molecule has 2 amide bonds. The van der Waals surface area contributed by atoms with Crippen LogP contribution in [0.15, 0.2) is 24.3 Å². The minimum atomic E-state index is -0.555. The van der Waals surface area contributed by atoms with Gasteiger partial charge in [0, 0.05) is 12.0 Å². The summed E-state index contributed by atoms with van der Waals surface area (Å²) in [5, 5.41) is 11.8. The zero-order valence-corrected chi connectivity index (χ0v) is 14.9. The van der Waals surface area contributed by atoms with Gasteiger partial charge in [0.15, 0.2) is 0 Å². The van der Waals surface area contributed by atoms with Gasteiger partial charge in [0.2, 0.25) is 5.91 Å². The second kappa shape index (κ2) is 7.13. The van der Waals surface area contributed by atoms with Gasteiger partial charge in [-0.1, -0.05) is 53.7 Å². The van der Waals surface area contributed by atoms with E-state index >= 15 is 0 Å². The number of carbonyl (C=O) groups excluding carboxylic acids is 2. The van der Waals surface area contributed by atoms with Crippen LogP contribution in [-0.2, 0) is 4.79 Å². The summed E-state index contributed by atoms with van der Waals surface area (Å²) in [6, 6.07) is 6.71. The van der Waals surface area contributed by atoms with Crippen LogP contribution in [-0.4, -0.2) is 17.0 Å². The van der Waals surface area contributed by atoms with Crippen molar-refractivity contribution in [1.82, 2.24) is 10.8 Å². The van der Waals surface area contributed by atoms with Crippen molar-refractivity contribution >= 4 is 11.8 Å². The maximum absolute atomic E-state index is 12.3. The molecule has 5 nitrogen and oxygen atoms in total. The molecule has 0 saturated carbocycles. The van der Waals surface area contributed by atoms with Crippen molar-refractivity contribution in [3.63, 3.8) is 0 Å². The van der Waals surface area contributed by atoms with Crippen LogP contribution in [0.2, 0.25) is 0 Å². The minimum Gasteiger partial charge on any atom is -0.349 e. The van der Waals surface area contributed by atoms with Gasteiger partial charge in [0.25, 0.3) is 5.91 Å². The van der Waals surface area contributed by atoms with Gasteiger partial charge in [-0.2, -0.15) is 0 Å². The molecule has 23 heavy (non-hydrogen) atoms. The highest BCUT2D eigenvalue weighted by atomic mass is 16.5. The average molecular weight is 320 g/mol. The van der Waals surface area contributed by atoms with Crippen molar-refractivity contribution in [2.75, 3.05) is 0 Å². The number of hydroxylamine groups is 1. The number of hydrogen-bond donors (Lipinski definition) is 3. The van der Waals surface area contributed by atoms with Crippen molar-refractivity contribution in [3.05, 3.63) is 35.4 Å². The van der Waals surface area contributed by atoms with Gasteiger partial charge in [0.05, 0.1) is 6.04 Å². The predicted octanol–water partition coefficient (Wildman–Crippen LogP) is 3.45. The molecule has 0 radical (unpaired) electrons. The van der Waals surface area contributed by atoms with Gasteiger partial charge in [-0.3, -0.25) is 14.8 Å². The second-order valence-corrected chi connectivity index (χ2v) is 8.17. The fraction of sp³-hybridized carbons (Fsp3) is 0.556. The number of hydrogen-bond acceptors (Lipinski definition) is 3. The van der Waals surface area contributed by atoms with Gasteiger partial charge in [-0.25, -0.2) is 5.48 Å². The van der Waals surface area contributed by atoms with Crippen molar-refractivity contribution in [1.29, 1.82) is 0 Å². The van der Waals surface area contributed by atoms with E-state index in [1.54, 1.807) is 29.7 Å². The Kier molecular flexibility index (Phi) is 5.94. The number of benzene rings is 1. The molecule has 0 aromatic heterocycles. The van der Waals surface area contributed by atoms with Crippen LogP contribution in [0.1, 0.15) is 69.9 Å². The Morgan fingerprint density at radius 2 is 1.57 bits per heavy atom. The first-order chi connectivity index (χ1) is 10.4. The summed E-state index contributed by atoms with van der Waals surface area (Å²) < 4.78 is 0. The van der Waals surface area contributed by atoms with Crippen LogP contribution in [0, 0.1) is 10.8 Å². The monoisotopic (exact) mass is 320 g/mol. The molecule has 0 aliphatic carbocycles. The second-order valence-electron chi connectivity index (χ2n) is 8.17. The highest BCUT2D eigenvalue weighted by Crippen LogP contribution is 2.33. The molecule has 0 saturated heterocycles. The fourth-order valence-electron chi connectivity index (χ4n) is 2.39. The van der Waals surface area contributed by atoms with Crippen molar-refractivity contribution < 1.29 is 14.8 Å². The zero-order valence-electron chi connectivity index (χ0n) is 14.9. The van der Waals surface area contributed by atoms with Gasteiger partial charge < -0.3 is 5.32 Å². The number of amides is 2. The van der Waals surface area contributed by atoms with E-state index in [0.717, 1.165) is 5.56 Å². The lowest BCUT2D eigenvalue weighted by Crippen LogP contribution is -2.38. The summed E-state index contributed by atoms with van der Waals surface area (Å²) in [6.07, 6.45) is 0.449. The maximum atomic E-state index is 12.3. The summed E-state index contributed by atoms with van der Waals surface area (Å²) in [5.41, 5.74) is 2.65. The summed E-state index contributed by atoms with van der Waals surface area (Å²) >= 11 is 0. The van der Waals surface area contributed by atoms with E-state index in [1.165, 1.54) is 0 Å². The Morgan fingerprint density at radius 1 is 1.04 bits per heavy atom. The third-order valence-electron chi connectivity index (χ3n) is 3.47. The van der Waals surface area contributed by atoms with Gasteiger partial charge >= 0.3 is 0 Å². The quantitative estimate of drug-likeness (QED) is 0.587. The van der Waals surface area contributed by atoms with E-state index in [-0.39, 0.29) is 22.8 Å². The van der Waals surface area contributed by atoms with E-state index in [4.69, 9.17) is 5.21 Å². The molecule has 0 spiro atoms. The topological polar surface area (TPSA) is 78.4 Å². The van der Waals surface area contributed by atoms with Gasteiger partial charge in [0.1, 0.15) is 0 Å². The molecular formula is C18H28N2O3. The number of rotatable bonds is 4. The first kappa shape index (κ1) is 19.2. The molecule has 0 heterocycles. The Labute approximate surface area is 138 Å². The smallest absolute Gasteiger partial charge is 0.274 e. The SMILES string of the molecule is CC(C)(C)CC(=O)NC(c1ccc(C(=O)NO)cc1)C(C)(C)C. The Bertz CT molecular complexity index is 551. The van der Waals surface area contributed by atoms with Crippen molar-refractivity contribution in [3.8, 4) is 0 Å². The molecule has 1 aromatic rings. The van der Waals surface area contributed by atoms with Crippen LogP contribution < -0.4 is 10.8 Å². The predicted molar refractivity (Wildman–Crippen MR) is 90.1 cm³/mol. The van der Waals surface area contributed by atoms with Crippen LogP contribution in [0.25, 0.3) is 0 Å². The lowest BCUT2D eigenvalue weighted by atomic mass is 9.81. The molecule has 0 fully saturated rings. The first-order valence-electron chi connectivity index (χ1n) is 7.78. The van der Waals surface area contributed by atoms with Crippen molar-refractivity contribution in [2.24, 2.45) is 10.8 Å². The number of nitrogens with one attached hydrogen (secondary N) is 2. The molecule has 0 aliphatic heterocycles. The molecule has 128 valence electrons. The Morgan fingerprint density at radius 3 is 1.96 bits per heavy atom. The molecule has 0 aliphatic rings. The van der Waals surface area contributed by atoms with E-state index < -0.39 is 5.91 Å². The lowest BCUT2D eigenvalue weighted by Gasteiger charge is -2.33. The third kappa shape index (κ3) is 6.02. The third-order valence-corrected chi connectivity index (χ3v) is 3.47. The summed E-state index contributed by atoms with van der Waals surface area (Å²) in [6.45, 7) is 12.3. The van der Waals surface area contributed by atoms with Gasteiger partial charge in [-0.15, -0.1) is 0 Å². The van der Waals surface area contributed by atoms with E-state index in [2.05, 4.69) is 26.1 Å². The first-order valence-corrected chi connectivity index (χ1v) is 7.78. The van der Waals surface area contributed by atoms with Crippen LogP contribution in [0.5, 0.6) is 0 Å². The highest BCUT2D eigenvalue weighted by Gasteiger charge is 2.29. The Balaban J connectivity index is 2.99. The number of carbonyl (C=O) groups is 2. The van der Waals surface area contributed by atoms with Gasteiger partial charge in [-0.05, 0) is 28.5 Å². The normalized spacial score (nSPS) is 13.3. The molecular weight excluding hydrogens is 292 g/mol. The van der Waals surface area contributed by atoms with Crippen LogP contribution >= 0.6 is 0 Å². The fourth-order valence-corrected chi connectivity index (χ4v) is 2.39. The molecule has 1 unspecified atom stereocenters. The van der Waals surface area contributed by atoms with Crippen LogP contribution in [0.3, 0.4) is 0 Å². The maximum Gasteiger partial charge on any atom is 0.274 e. The molecule has 1 rings (SSSR count). The summed E-state index contributed by atoms with van der Waals surface area (Å²) in [7, 11) is 0. The molecule has 1 aromatic carbocycles. The van der Waals surface area contributed by atoms with Crippen LogP contribution in [0.4, 0.5) is 0 Å². The largest absolute Gasteiger partial charge is 0.349 e. The van der Waals surface area contributed by atoms with Crippen molar-refractivity contribution in [2.45, 2.75) is 54.0 Å². The van der Waals surface area contributed by atoms with E-state index in [0.29, 0.717) is 12.0 Å². The lowest BCUT2D eigenvalue weighted by molar-refractivity contribution is -0.124. The van der Waals surface area contributed by atoms with E-state index in [1.807, 2.05) is 20.8 Å². The summed E-state index contributed by atoms with van der Waals surface area (Å²) in [5.74, 6) is -0.546. The molecule has 3 N–H and O–H groups in total. The summed E-state index contributed by atoms with van der Waals surface area (Å²) in [4.78, 5) is 23.7. The molecule has 0 bridgehead atoms. The standard InChI is InChI=1S/C18H28N2O3/c1-17(2,3)11-14(21)19-15(18(4,5)6)12-7-9-13(10-8-12)16(22)20-23/h7-10,15,23H,11H2,1-6H3,(H,19,21)(H,20,22).